The quantitative estimate of drug-likeness (QED) is 0.574. The summed E-state index contributed by atoms with van der Waals surface area (Å²) in [7, 11) is 0. The molecule has 0 aromatic rings. The zero-order valence-corrected chi connectivity index (χ0v) is 11.9. The summed E-state index contributed by atoms with van der Waals surface area (Å²) < 4.78 is 0. The van der Waals surface area contributed by atoms with Gasteiger partial charge < -0.3 is 9.80 Å². The Bertz CT molecular complexity index is 395. The lowest BCUT2D eigenvalue weighted by molar-refractivity contribution is -0.497. The van der Waals surface area contributed by atoms with Gasteiger partial charge in [0.2, 0.25) is 11.9 Å². The molecular weight excluding hydrogens is 258 g/mol. The molecule has 0 bridgehead atoms. The SMILES string of the molecule is O=C([C@@H]1C[C@@H]1[N+](=O)[O-])N1CCC[C@H](N2CCCC2)CC1. The smallest absolute Gasteiger partial charge is 0.232 e. The first kappa shape index (κ1) is 13.8. The number of amides is 1. The zero-order valence-electron chi connectivity index (χ0n) is 11.9. The van der Waals surface area contributed by atoms with Crippen LogP contribution in [-0.4, -0.2) is 58.9 Å². The molecule has 0 aromatic heterocycles. The van der Waals surface area contributed by atoms with Crippen LogP contribution >= 0.6 is 0 Å². The summed E-state index contributed by atoms with van der Waals surface area (Å²) in [6.45, 7) is 3.96. The lowest BCUT2D eigenvalue weighted by atomic mass is 10.1. The molecule has 1 saturated carbocycles. The van der Waals surface area contributed by atoms with Gasteiger partial charge in [-0.05, 0) is 45.2 Å². The standard InChI is InChI=1S/C14H23N3O3/c18-14(12-10-13(12)17(19)20)16-8-3-4-11(5-9-16)15-6-1-2-7-15/h11-13H,1-10H2/t11-,12+,13-/m0/s1. The Balaban J connectivity index is 1.52. The van der Waals surface area contributed by atoms with E-state index < -0.39 is 6.04 Å². The summed E-state index contributed by atoms with van der Waals surface area (Å²) in [6.07, 6.45) is 6.26. The average Bonchev–Trinajstić information content (AvgIpc) is 3.14. The van der Waals surface area contributed by atoms with Crippen LogP contribution in [0, 0.1) is 16.0 Å². The van der Waals surface area contributed by atoms with E-state index in [9.17, 15) is 14.9 Å². The van der Waals surface area contributed by atoms with Crippen LogP contribution in [0.25, 0.3) is 0 Å². The second kappa shape index (κ2) is 5.68. The Morgan fingerprint density at radius 1 is 1.05 bits per heavy atom. The highest BCUT2D eigenvalue weighted by Crippen LogP contribution is 2.35. The van der Waals surface area contributed by atoms with Gasteiger partial charge in [0, 0.05) is 30.5 Å². The van der Waals surface area contributed by atoms with Crippen molar-refractivity contribution in [3.05, 3.63) is 10.1 Å². The van der Waals surface area contributed by atoms with E-state index in [1.807, 2.05) is 4.90 Å². The summed E-state index contributed by atoms with van der Waals surface area (Å²) >= 11 is 0. The molecule has 1 amide bonds. The fraction of sp³-hybridized carbons (Fsp3) is 0.929. The van der Waals surface area contributed by atoms with Crippen molar-refractivity contribution in [2.24, 2.45) is 5.92 Å². The van der Waals surface area contributed by atoms with E-state index in [0.29, 0.717) is 12.5 Å². The highest BCUT2D eigenvalue weighted by molar-refractivity contribution is 5.82. The van der Waals surface area contributed by atoms with Crippen LogP contribution in [0.2, 0.25) is 0 Å². The number of carbonyl (C=O) groups excluding carboxylic acids is 1. The summed E-state index contributed by atoms with van der Waals surface area (Å²) in [4.78, 5) is 27.1. The number of hydrogen-bond donors (Lipinski definition) is 0. The third-order valence-corrected chi connectivity index (χ3v) is 5.01. The fourth-order valence-electron chi connectivity index (χ4n) is 3.69. The second-order valence-corrected chi connectivity index (χ2v) is 6.35. The van der Waals surface area contributed by atoms with E-state index in [0.717, 1.165) is 32.4 Å². The minimum Gasteiger partial charge on any atom is -0.342 e. The van der Waals surface area contributed by atoms with Crippen LogP contribution in [-0.2, 0) is 4.79 Å². The van der Waals surface area contributed by atoms with Crippen LogP contribution < -0.4 is 0 Å². The predicted octanol–water partition coefficient (Wildman–Crippen LogP) is 1.13. The molecule has 112 valence electrons. The molecule has 2 aliphatic heterocycles. The van der Waals surface area contributed by atoms with E-state index in [1.54, 1.807) is 0 Å². The van der Waals surface area contributed by atoms with Gasteiger partial charge in [-0.2, -0.15) is 0 Å². The van der Waals surface area contributed by atoms with Crippen molar-refractivity contribution < 1.29 is 9.72 Å². The van der Waals surface area contributed by atoms with Crippen LogP contribution in [0.4, 0.5) is 0 Å². The van der Waals surface area contributed by atoms with E-state index >= 15 is 0 Å². The molecule has 0 aromatic carbocycles. The van der Waals surface area contributed by atoms with Crippen LogP contribution in [0.1, 0.15) is 38.5 Å². The van der Waals surface area contributed by atoms with Crippen LogP contribution in [0.3, 0.4) is 0 Å². The summed E-state index contributed by atoms with van der Waals surface area (Å²) in [5.41, 5.74) is 0. The van der Waals surface area contributed by atoms with Crippen molar-refractivity contribution in [2.45, 2.75) is 50.6 Å². The van der Waals surface area contributed by atoms with Gasteiger partial charge >= 0.3 is 0 Å². The minimum atomic E-state index is -0.611. The van der Waals surface area contributed by atoms with Crippen molar-refractivity contribution in [3.63, 3.8) is 0 Å². The minimum absolute atomic E-state index is 0.0220. The van der Waals surface area contributed by atoms with Gasteiger partial charge in [-0.3, -0.25) is 14.9 Å². The molecule has 3 aliphatic rings. The maximum atomic E-state index is 12.3. The van der Waals surface area contributed by atoms with E-state index in [1.165, 1.54) is 25.9 Å². The number of nitro groups is 1. The van der Waals surface area contributed by atoms with Crippen LogP contribution in [0.5, 0.6) is 0 Å². The van der Waals surface area contributed by atoms with Crippen molar-refractivity contribution in [1.29, 1.82) is 0 Å². The highest BCUT2D eigenvalue weighted by Gasteiger charge is 2.54. The molecule has 6 heteroatoms. The molecule has 0 N–H and O–H groups in total. The van der Waals surface area contributed by atoms with Gasteiger partial charge in [-0.15, -0.1) is 0 Å². The van der Waals surface area contributed by atoms with Gasteiger partial charge in [0.25, 0.3) is 0 Å². The van der Waals surface area contributed by atoms with Gasteiger partial charge in [0.1, 0.15) is 5.92 Å². The number of hydrogen-bond acceptors (Lipinski definition) is 4. The van der Waals surface area contributed by atoms with Crippen molar-refractivity contribution in [1.82, 2.24) is 9.80 Å². The number of likely N-dealkylation sites (tertiary alicyclic amines) is 2. The maximum absolute atomic E-state index is 12.3. The lowest BCUT2D eigenvalue weighted by Gasteiger charge is -2.26. The lowest BCUT2D eigenvalue weighted by Crippen LogP contribution is -2.36. The Morgan fingerprint density at radius 2 is 1.80 bits per heavy atom. The van der Waals surface area contributed by atoms with E-state index in [-0.39, 0.29) is 16.7 Å². The topological polar surface area (TPSA) is 66.7 Å². The highest BCUT2D eigenvalue weighted by atomic mass is 16.6. The molecule has 2 saturated heterocycles. The van der Waals surface area contributed by atoms with Crippen LogP contribution in [0.15, 0.2) is 0 Å². The first-order chi connectivity index (χ1) is 9.66. The molecule has 3 fully saturated rings. The fourth-order valence-corrected chi connectivity index (χ4v) is 3.69. The average molecular weight is 281 g/mol. The summed E-state index contributed by atoms with van der Waals surface area (Å²) in [6, 6.07) is 0.000877. The summed E-state index contributed by atoms with van der Waals surface area (Å²) in [5.74, 6) is -0.317. The Kier molecular flexibility index (Phi) is 3.92. The molecule has 3 atom stereocenters. The van der Waals surface area contributed by atoms with Crippen molar-refractivity contribution in [2.75, 3.05) is 26.2 Å². The Hall–Kier alpha value is -1.17. The van der Waals surface area contributed by atoms with Gasteiger partial charge in [-0.25, -0.2) is 0 Å². The third kappa shape index (κ3) is 2.80. The zero-order chi connectivity index (χ0) is 14.1. The first-order valence-corrected chi connectivity index (χ1v) is 7.83. The first-order valence-electron chi connectivity index (χ1n) is 7.83. The Morgan fingerprint density at radius 3 is 2.45 bits per heavy atom. The predicted molar refractivity (Wildman–Crippen MR) is 73.9 cm³/mol. The van der Waals surface area contributed by atoms with Crippen molar-refractivity contribution in [3.8, 4) is 0 Å². The molecule has 20 heavy (non-hydrogen) atoms. The molecule has 6 nitrogen and oxygen atoms in total. The normalized spacial score (nSPS) is 34.8. The van der Waals surface area contributed by atoms with Gasteiger partial charge in [0.05, 0.1) is 0 Å². The molecular formula is C14H23N3O3. The number of carbonyl (C=O) groups is 1. The Labute approximate surface area is 119 Å². The molecule has 0 radical (unpaired) electrons. The summed E-state index contributed by atoms with van der Waals surface area (Å²) in [5, 5.41) is 10.7. The van der Waals surface area contributed by atoms with E-state index in [4.69, 9.17) is 0 Å². The van der Waals surface area contributed by atoms with Gasteiger partial charge in [-0.1, -0.05) is 0 Å². The van der Waals surface area contributed by atoms with Crippen molar-refractivity contribution >= 4 is 5.91 Å². The molecule has 2 heterocycles. The largest absolute Gasteiger partial charge is 0.342 e. The molecule has 0 spiro atoms. The molecule has 0 unspecified atom stereocenters. The molecule has 1 aliphatic carbocycles. The van der Waals surface area contributed by atoms with Gasteiger partial charge in [0.15, 0.2) is 0 Å². The second-order valence-electron chi connectivity index (χ2n) is 6.35. The number of rotatable bonds is 3. The maximum Gasteiger partial charge on any atom is 0.232 e. The molecule has 3 rings (SSSR count). The monoisotopic (exact) mass is 281 g/mol. The van der Waals surface area contributed by atoms with E-state index in [2.05, 4.69) is 4.90 Å². The number of nitrogens with zero attached hydrogens (tertiary/aromatic N) is 3. The third-order valence-electron chi connectivity index (χ3n) is 5.01.